The third-order valence-corrected chi connectivity index (χ3v) is 0.573. The van der Waals surface area contributed by atoms with Gasteiger partial charge in [-0.1, -0.05) is 6.92 Å². The number of carbonyl (C=O) groups excluding carboxylic acids is 1. The predicted octanol–water partition coefficient (Wildman–Crippen LogP) is 0.136. The summed E-state index contributed by atoms with van der Waals surface area (Å²) in [6.07, 6.45) is 0. The van der Waals surface area contributed by atoms with Crippen molar-refractivity contribution in [2.75, 3.05) is 7.11 Å². The average molecular weight is 97.9 g/mol. The lowest BCUT2D eigenvalue weighted by atomic mass is 9.90. The molecule has 2 nitrogen and oxygen atoms in total. The van der Waals surface area contributed by atoms with Crippen LogP contribution in [0.15, 0.2) is 0 Å². The van der Waals surface area contributed by atoms with Crippen LogP contribution in [0.4, 0.5) is 0 Å². The van der Waals surface area contributed by atoms with Gasteiger partial charge in [-0.25, -0.2) is 0 Å². The van der Waals surface area contributed by atoms with Crippen LogP contribution in [-0.2, 0) is 9.53 Å². The highest BCUT2D eigenvalue weighted by molar-refractivity contribution is 6.22. The van der Waals surface area contributed by atoms with Gasteiger partial charge in [0.05, 0.1) is 15.0 Å². The van der Waals surface area contributed by atoms with Crippen molar-refractivity contribution in [2.24, 2.45) is 0 Å². The van der Waals surface area contributed by atoms with Crippen LogP contribution in [0.3, 0.4) is 0 Å². The average Bonchev–Trinajstić information content (AvgIpc) is 1.65. The first-order chi connectivity index (χ1) is 3.18. The number of esters is 1. The topological polar surface area (TPSA) is 26.3 Å². The van der Waals surface area contributed by atoms with Gasteiger partial charge in [0.15, 0.2) is 0 Å². The number of ether oxygens (including phenoxy) is 1. The molecule has 0 amide bonds. The second kappa shape index (κ2) is 2.67. The van der Waals surface area contributed by atoms with Crippen LogP contribution in [-0.4, -0.2) is 20.9 Å². The molecule has 0 fully saturated rings. The summed E-state index contributed by atoms with van der Waals surface area (Å²) in [6, 6.07) is 0. The van der Waals surface area contributed by atoms with Crippen molar-refractivity contribution in [1.29, 1.82) is 0 Å². The number of hydrogen-bond donors (Lipinski definition) is 0. The first kappa shape index (κ1) is 6.53. The molecule has 1 atom stereocenters. The summed E-state index contributed by atoms with van der Waals surface area (Å²) in [4.78, 5) is 10.2. The molecule has 0 bridgehead atoms. The minimum Gasteiger partial charge on any atom is -0.469 e. The van der Waals surface area contributed by atoms with Crippen LogP contribution in [0, 0.1) is 0 Å². The van der Waals surface area contributed by atoms with Gasteiger partial charge in [-0.2, -0.15) is 0 Å². The molecule has 0 aliphatic rings. The molecule has 0 aromatic heterocycles. The number of hydrogen-bond acceptors (Lipinski definition) is 2. The summed E-state index contributed by atoms with van der Waals surface area (Å²) in [6.45, 7) is 1.58. The Kier molecular flexibility index (Phi) is 2.49. The zero-order chi connectivity index (χ0) is 5.86. The third kappa shape index (κ3) is 2.26. The van der Waals surface area contributed by atoms with Gasteiger partial charge in [0.2, 0.25) is 0 Å². The molecule has 38 valence electrons. The molecule has 0 aromatic carbocycles. The van der Waals surface area contributed by atoms with Gasteiger partial charge in [-0.15, -0.1) is 0 Å². The molecule has 0 aliphatic heterocycles. The lowest BCUT2D eigenvalue weighted by Crippen LogP contribution is -2.05. The minimum atomic E-state index is -0.495. The van der Waals surface area contributed by atoms with Gasteiger partial charge in [-0.05, 0) is 0 Å². The SMILES string of the molecule is [B][C@@H](C)C(=O)OC. The second-order valence-corrected chi connectivity index (χ2v) is 1.31. The van der Waals surface area contributed by atoms with Crippen molar-refractivity contribution in [2.45, 2.75) is 12.7 Å². The largest absolute Gasteiger partial charge is 0.469 e. The molecular formula is C4H7BO2. The van der Waals surface area contributed by atoms with Crippen molar-refractivity contribution < 1.29 is 9.53 Å². The highest BCUT2D eigenvalue weighted by atomic mass is 16.5. The molecule has 0 spiro atoms. The van der Waals surface area contributed by atoms with Gasteiger partial charge < -0.3 is 4.74 Å². The fourth-order valence-corrected chi connectivity index (χ4v) is 0.186. The zero-order valence-corrected chi connectivity index (χ0v) is 4.47. The van der Waals surface area contributed by atoms with Gasteiger partial charge in [0.25, 0.3) is 5.97 Å². The van der Waals surface area contributed by atoms with Crippen molar-refractivity contribution >= 4 is 13.8 Å². The molecule has 0 aliphatic carbocycles. The molecule has 0 heterocycles. The molecule has 0 unspecified atom stereocenters. The van der Waals surface area contributed by atoms with Gasteiger partial charge in [0.1, 0.15) is 0 Å². The molecule has 0 N–H and O–H groups in total. The smallest absolute Gasteiger partial charge is 0.299 e. The number of methoxy groups -OCH3 is 1. The molecule has 7 heavy (non-hydrogen) atoms. The first-order valence-corrected chi connectivity index (χ1v) is 2.02. The van der Waals surface area contributed by atoms with Crippen LogP contribution in [0.25, 0.3) is 0 Å². The fourth-order valence-electron chi connectivity index (χ4n) is 0.186. The van der Waals surface area contributed by atoms with Crippen LogP contribution >= 0.6 is 0 Å². The Morgan fingerprint density at radius 1 is 1.86 bits per heavy atom. The van der Waals surface area contributed by atoms with Gasteiger partial charge in [0, 0.05) is 5.82 Å². The van der Waals surface area contributed by atoms with E-state index in [1.807, 2.05) is 0 Å². The number of rotatable bonds is 1. The Bertz CT molecular complexity index is 70.1. The molecular weight excluding hydrogens is 90.9 g/mol. The van der Waals surface area contributed by atoms with Crippen LogP contribution < -0.4 is 0 Å². The molecule has 0 saturated carbocycles. The quantitative estimate of drug-likeness (QED) is 0.344. The zero-order valence-electron chi connectivity index (χ0n) is 4.47. The summed E-state index contributed by atoms with van der Waals surface area (Å²) in [5, 5.41) is 0. The van der Waals surface area contributed by atoms with Crippen molar-refractivity contribution in [3.8, 4) is 0 Å². The summed E-state index contributed by atoms with van der Waals surface area (Å²) < 4.78 is 4.25. The van der Waals surface area contributed by atoms with E-state index in [4.69, 9.17) is 7.85 Å². The van der Waals surface area contributed by atoms with E-state index >= 15 is 0 Å². The van der Waals surface area contributed by atoms with E-state index in [2.05, 4.69) is 4.74 Å². The fraction of sp³-hybridized carbons (Fsp3) is 0.750. The molecule has 2 radical (unpaired) electrons. The molecule has 0 aromatic rings. The third-order valence-electron chi connectivity index (χ3n) is 0.573. The maximum absolute atomic E-state index is 10.2. The Labute approximate surface area is 44.3 Å². The maximum Gasteiger partial charge on any atom is 0.299 e. The predicted molar refractivity (Wildman–Crippen MR) is 27.2 cm³/mol. The Hall–Kier alpha value is -0.465. The standard InChI is InChI=1S/C4H7BO2/c1-3(5)4(6)7-2/h3H,1-2H3/t3-/m0/s1. The van der Waals surface area contributed by atoms with E-state index in [1.54, 1.807) is 6.92 Å². The summed E-state index contributed by atoms with van der Waals surface area (Å²) in [5.74, 6) is -0.870. The number of carbonyl (C=O) groups is 1. The molecule has 0 saturated heterocycles. The summed E-state index contributed by atoms with van der Waals surface area (Å²) in [5.41, 5.74) is 0. The van der Waals surface area contributed by atoms with Crippen molar-refractivity contribution in [3.63, 3.8) is 0 Å². The van der Waals surface area contributed by atoms with E-state index in [0.717, 1.165) is 0 Å². The molecule has 3 heteroatoms. The lowest BCUT2D eigenvalue weighted by molar-refractivity contribution is -0.140. The minimum absolute atomic E-state index is 0.375. The van der Waals surface area contributed by atoms with E-state index in [0.29, 0.717) is 0 Å². The first-order valence-electron chi connectivity index (χ1n) is 2.02. The van der Waals surface area contributed by atoms with Crippen LogP contribution in [0.5, 0.6) is 0 Å². The van der Waals surface area contributed by atoms with Gasteiger partial charge in [-0.3, -0.25) is 4.79 Å². The highest BCUT2D eigenvalue weighted by Crippen LogP contribution is 1.95. The summed E-state index contributed by atoms with van der Waals surface area (Å²) >= 11 is 0. The lowest BCUT2D eigenvalue weighted by Gasteiger charge is -1.98. The maximum atomic E-state index is 10.2. The van der Waals surface area contributed by atoms with E-state index in [1.165, 1.54) is 7.11 Å². The Balaban J connectivity index is 3.35. The van der Waals surface area contributed by atoms with Crippen molar-refractivity contribution in [3.05, 3.63) is 0 Å². The highest BCUT2D eigenvalue weighted by Gasteiger charge is 2.02. The monoisotopic (exact) mass is 98.1 g/mol. The van der Waals surface area contributed by atoms with Crippen molar-refractivity contribution in [1.82, 2.24) is 0 Å². The normalized spacial score (nSPS) is 12.9. The Morgan fingerprint density at radius 3 is 2.29 bits per heavy atom. The van der Waals surface area contributed by atoms with E-state index < -0.39 is 5.82 Å². The van der Waals surface area contributed by atoms with E-state index in [9.17, 15) is 4.79 Å². The van der Waals surface area contributed by atoms with Crippen LogP contribution in [0.1, 0.15) is 6.92 Å². The van der Waals surface area contributed by atoms with Crippen LogP contribution in [0.2, 0.25) is 5.82 Å². The van der Waals surface area contributed by atoms with Gasteiger partial charge >= 0.3 is 0 Å². The second-order valence-electron chi connectivity index (χ2n) is 1.31. The molecule has 0 rings (SSSR count). The Morgan fingerprint density at radius 2 is 2.29 bits per heavy atom. The summed E-state index contributed by atoms with van der Waals surface area (Å²) in [7, 11) is 6.38. The van der Waals surface area contributed by atoms with E-state index in [-0.39, 0.29) is 5.97 Å².